The van der Waals surface area contributed by atoms with E-state index in [1.807, 2.05) is 0 Å². The summed E-state index contributed by atoms with van der Waals surface area (Å²) in [5.41, 5.74) is 0.745. The van der Waals surface area contributed by atoms with Gasteiger partial charge in [-0.05, 0) is 30.2 Å². The monoisotopic (exact) mass is 293 g/mol. The van der Waals surface area contributed by atoms with Crippen LogP contribution in [0.4, 0.5) is 8.78 Å². The van der Waals surface area contributed by atoms with Gasteiger partial charge in [0.25, 0.3) is 5.91 Å². The van der Waals surface area contributed by atoms with E-state index in [9.17, 15) is 18.7 Å². The summed E-state index contributed by atoms with van der Waals surface area (Å²) in [6.45, 7) is 0.140. The van der Waals surface area contributed by atoms with Gasteiger partial charge in [0.05, 0.1) is 12.1 Å². The third-order valence-corrected chi connectivity index (χ3v) is 3.60. The lowest BCUT2D eigenvalue weighted by Gasteiger charge is -2.24. The van der Waals surface area contributed by atoms with Gasteiger partial charge in [-0.15, -0.1) is 0 Å². The minimum absolute atomic E-state index is 0.140. The molecular weight excluding hydrogens is 280 g/mol. The SMILES string of the molecule is O=C(c1ccn[nH]1)N1C[C@@H](O)C[C@H]1c1ccc(F)c(F)c1. The Morgan fingerprint density at radius 2 is 2.14 bits per heavy atom. The molecule has 1 fully saturated rings. The second-order valence-electron chi connectivity index (χ2n) is 5.01. The summed E-state index contributed by atoms with van der Waals surface area (Å²) >= 11 is 0. The molecule has 0 spiro atoms. The number of β-amino-alcohol motifs (C(OH)–C–C–N with tert-alkyl or cyclic N) is 1. The standard InChI is InChI=1S/C14H13F2N3O2/c15-10-2-1-8(5-11(10)16)13-6-9(20)7-19(13)14(21)12-3-4-17-18-12/h1-5,9,13,20H,6-7H2,(H,17,18)/t9-,13-/m0/s1. The highest BCUT2D eigenvalue weighted by Gasteiger charge is 2.36. The molecule has 21 heavy (non-hydrogen) atoms. The zero-order chi connectivity index (χ0) is 15.0. The number of aliphatic hydroxyl groups is 1. The Kier molecular flexibility index (Phi) is 3.42. The number of hydrogen-bond donors (Lipinski definition) is 2. The van der Waals surface area contributed by atoms with Crippen molar-refractivity contribution < 1.29 is 18.7 Å². The number of nitrogens with zero attached hydrogens (tertiary/aromatic N) is 2. The van der Waals surface area contributed by atoms with E-state index in [1.165, 1.54) is 23.2 Å². The highest BCUT2D eigenvalue weighted by atomic mass is 19.2. The molecule has 1 aliphatic rings. The van der Waals surface area contributed by atoms with Gasteiger partial charge in [0.1, 0.15) is 5.69 Å². The molecule has 0 bridgehead atoms. The number of H-pyrrole nitrogens is 1. The van der Waals surface area contributed by atoms with Crippen LogP contribution in [0.2, 0.25) is 0 Å². The minimum Gasteiger partial charge on any atom is -0.391 e. The number of aromatic nitrogens is 2. The van der Waals surface area contributed by atoms with Crippen molar-refractivity contribution in [1.29, 1.82) is 0 Å². The summed E-state index contributed by atoms with van der Waals surface area (Å²) in [4.78, 5) is 13.8. The topological polar surface area (TPSA) is 69.2 Å². The predicted octanol–water partition coefficient (Wildman–Crippen LogP) is 1.64. The summed E-state index contributed by atoms with van der Waals surface area (Å²) in [5, 5.41) is 16.1. The third-order valence-electron chi connectivity index (χ3n) is 3.60. The molecule has 1 aromatic heterocycles. The fourth-order valence-electron chi connectivity index (χ4n) is 2.60. The van der Waals surface area contributed by atoms with E-state index in [0.717, 1.165) is 12.1 Å². The summed E-state index contributed by atoms with van der Waals surface area (Å²) in [7, 11) is 0. The van der Waals surface area contributed by atoms with Crippen molar-refractivity contribution in [3.05, 3.63) is 53.4 Å². The van der Waals surface area contributed by atoms with Crippen molar-refractivity contribution in [3.63, 3.8) is 0 Å². The fraction of sp³-hybridized carbons (Fsp3) is 0.286. The van der Waals surface area contributed by atoms with E-state index in [4.69, 9.17) is 0 Å². The molecule has 2 N–H and O–H groups in total. The van der Waals surface area contributed by atoms with E-state index in [2.05, 4.69) is 10.2 Å². The molecule has 5 nitrogen and oxygen atoms in total. The predicted molar refractivity (Wildman–Crippen MR) is 69.3 cm³/mol. The first-order valence-electron chi connectivity index (χ1n) is 6.49. The van der Waals surface area contributed by atoms with Crippen LogP contribution in [-0.4, -0.2) is 38.8 Å². The molecule has 0 aliphatic carbocycles. The van der Waals surface area contributed by atoms with Crippen LogP contribution in [0.15, 0.2) is 30.5 Å². The van der Waals surface area contributed by atoms with E-state index < -0.39 is 23.8 Å². The van der Waals surface area contributed by atoms with Crippen LogP contribution in [0.25, 0.3) is 0 Å². The molecule has 2 atom stereocenters. The smallest absolute Gasteiger partial charge is 0.272 e. The Bertz CT molecular complexity index is 660. The number of carbonyl (C=O) groups excluding carboxylic acids is 1. The fourth-order valence-corrected chi connectivity index (χ4v) is 2.60. The average Bonchev–Trinajstić information content (AvgIpc) is 3.10. The Balaban J connectivity index is 1.92. The second kappa shape index (κ2) is 5.25. The van der Waals surface area contributed by atoms with Gasteiger partial charge in [0.15, 0.2) is 11.6 Å². The Labute approximate surface area is 119 Å². The Morgan fingerprint density at radius 1 is 1.33 bits per heavy atom. The quantitative estimate of drug-likeness (QED) is 0.884. The van der Waals surface area contributed by atoms with Crippen LogP contribution >= 0.6 is 0 Å². The molecule has 1 saturated heterocycles. The van der Waals surface area contributed by atoms with Crippen LogP contribution in [0.1, 0.15) is 28.5 Å². The average molecular weight is 293 g/mol. The van der Waals surface area contributed by atoms with Crippen LogP contribution in [-0.2, 0) is 0 Å². The number of carbonyl (C=O) groups is 1. The molecule has 3 rings (SSSR count). The summed E-state index contributed by atoms with van der Waals surface area (Å²) < 4.78 is 26.4. The van der Waals surface area contributed by atoms with Crippen LogP contribution in [0.5, 0.6) is 0 Å². The number of halogens is 2. The number of likely N-dealkylation sites (tertiary alicyclic amines) is 1. The number of aliphatic hydroxyl groups excluding tert-OH is 1. The summed E-state index contributed by atoms with van der Waals surface area (Å²) in [5.74, 6) is -2.25. The number of amides is 1. The summed E-state index contributed by atoms with van der Waals surface area (Å²) in [6, 6.07) is 4.54. The summed E-state index contributed by atoms with van der Waals surface area (Å²) in [6.07, 6.45) is 1.03. The van der Waals surface area contributed by atoms with Crippen molar-refractivity contribution in [1.82, 2.24) is 15.1 Å². The van der Waals surface area contributed by atoms with E-state index in [1.54, 1.807) is 0 Å². The van der Waals surface area contributed by atoms with E-state index in [0.29, 0.717) is 5.56 Å². The van der Waals surface area contributed by atoms with Crippen LogP contribution in [0.3, 0.4) is 0 Å². The van der Waals surface area contributed by atoms with E-state index in [-0.39, 0.29) is 24.6 Å². The van der Waals surface area contributed by atoms with Gasteiger partial charge in [-0.1, -0.05) is 6.07 Å². The molecule has 2 aromatic rings. The third kappa shape index (κ3) is 2.52. The van der Waals surface area contributed by atoms with E-state index >= 15 is 0 Å². The molecule has 0 unspecified atom stereocenters. The molecule has 7 heteroatoms. The molecule has 1 aliphatic heterocycles. The highest BCUT2D eigenvalue weighted by molar-refractivity contribution is 5.92. The molecule has 2 heterocycles. The van der Waals surface area contributed by atoms with Gasteiger partial charge in [-0.25, -0.2) is 8.78 Å². The zero-order valence-electron chi connectivity index (χ0n) is 11.0. The van der Waals surface area contributed by atoms with Crippen molar-refractivity contribution in [2.45, 2.75) is 18.6 Å². The van der Waals surface area contributed by atoms with Crippen LogP contribution in [0, 0.1) is 11.6 Å². The first-order valence-corrected chi connectivity index (χ1v) is 6.49. The maximum Gasteiger partial charge on any atom is 0.272 e. The molecule has 1 aromatic carbocycles. The number of rotatable bonds is 2. The lowest BCUT2D eigenvalue weighted by Crippen LogP contribution is -2.32. The first kappa shape index (κ1) is 13.7. The number of nitrogens with one attached hydrogen (secondary N) is 1. The molecular formula is C14H13F2N3O2. The molecule has 110 valence electrons. The number of hydrogen-bond acceptors (Lipinski definition) is 3. The molecule has 0 saturated carbocycles. The van der Waals surface area contributed by atoms with Crippen LogP contribution < -0.4 is 0 Å². The molecule has 0 radical (unpaired) electrons. The maximum atomic E-state index is 13.4. The maximum absolute atomic E-state index is 13.4. The molecule has 1 amide bonds. The van der Waals surface area contributed by atoms with Gasteiger partial charge < -0.3 is 10.0 Å². The lowest BCUT2D eigenvalue weighted by atomic mass is 10.0. The van der Waals surface area contributed by atoms with Gasteiger partial charge in [0, 0.05) is 12.7 Å². The van der Waals surface area contributed by atoms with Gasteiger partial charge in [-0.3, -0.25) is 9.89 Å². The first-order chi connectivity index (χ1) is 10.1. The van der Waals surface area contributed by atoms with Crippen molar-refractivity contribution in [3.8, 4) is 0 Å². The minimum atomic E-state index is -0.970. The lowest BCUT2D eigenvalue weighted by molar-refractivity contribution is 0.0709. The van der Waals surface area contributed by atoms with Crippen molar-refractivity contribution in [2.24, 2.45) is 0 Å². The number of aromatic amines is 1. The van der Waals surface area contributed by atoms with Gasteiger partial charge in [0.2, 0.25) is 0 Å². The van der Waals surface area contributed by atoms with Gasteiger partial charge in [-0.2, -0.15) is 5.10 Å². The number of benzene rings is 1. The normalized spacial score (nSPS) is 21.8. The largest absolute Gasteiger partial charge is 0.391 e. The highest BCUT2D eigenvalue weighted by Crippen LogP contribution is 2.33. The zero-order valence-corrected chi connectivity index (χ0v) is 11.0. The Hall–Kier alpha value is -2.28. The van der Waals surface area contributed by atoms with Crippen molar-refractivity contribution >= 4 is 5.91 Å². The Morgan fingerprint density at radius 3 is 2.81 bits per heavy atom. The second-order valence-corrected chi connectivity index (χ2v) is 5.01. The van der Waals surface area contributed by atoms with Crippen molar-refractivity contribution in [2.75, 3.05) is 6.54 Å². The van der Waals surface area contributed by atoms with Gasteiger partial charge >= 0.3 is 0 Å².